The number of aliphatic hydroxyl groups excluding tert-OH is 1. The Hall–Kier alpha value is -1.32. The molecule has 0 aliphatic carbocycles. The lowest BCUT2D eigenvalue weighted by molar-refractivity contribution is 0.299. The Labute approximate surface area is 116 Å². The maximum absolute atomic E-state index is 9.29. The van der Waals surface area contributed by atoms with Crippen molar-refractivity contribution in [2.45, 2.75) is 33.0 Å². The van der Waals surface area contributed by atoms with Crippen molar-refractivity contribution in [3.8, 4) is 11.3 Å². The molecule has 1 N–H and O–H groups in total. The van der Waals surface area contributed by atoms with E-state index in [-0.39, 0.29) is 6.61 Å². The summed E-state index contributed by atoms with van der Waals surface area (Å²) in [6.45, 7) is 9.15. The third-order valence-electron chi connectivity index (χ3n) is 3.36. The van der Waals surface area contributed by atoms with Crippen LogP contribution in [0, 0.1) is 6.92 Å². The molecule has 0 saturated carbocycles. The Morgan fingerprint density at radius 1 is 1.11 bits per heavy atom. The predicted molar refractivity (Wildman–Crippen MR) is 82.7 cm³/mol. The van der Waals surface area contributed by atoms with E-state index >= 15 is 0 Å². The van der Waals surface area contributed by atoms with Gasteiger partial charge in [0.2, 0.25) is 0 Å². The van der Waals surface area contributed by atoms with Gasteiger partial charge in [-0.05, 0) is 24.1 Å². The molecule has 1 aromatic carbocycles. The summed E-state index contributed by atoms with van der Waals surface area (Å²) < 4.78 is 6.03. The molecule has 0 spiro atoms. The predicted octanol–water partition coefficient (Wildman–Crippen LogP) is 3.34. The third-order valence-corrected chi connectivity index (χ3v) is 5.39. The molecule has 3 heteroatoms. The van der Waals surface area contributed by atoms with Crippen LogP contribution in [0.25, 0.3) is 11.3 Å². The van der Waals surface area contributed by atoms with Crippen molar-refractivity contribution in [1.29, 1.82) is 0 Å². The highest BCUT2D eigenvalue weighted by atomic mass is 28.3. The summed E-state index contributed by atoms with van der Waals surface area (Å²) in [6, 6.07) is 10.3. The van der Waals surface area contributed by atoms with Crippen LogP contribution in [0.4, 0.5) is 0 Å². The van der Waals surface area contributed by atoms with Crippen molar-refractivity contribution in [2.24, 2.45) is 0 Å². The van der Waals surface area contributed by atoms with Crippen molar-refractivity contribution < 1.29 is 9.52 Å². The van der Waals surface area contributed by atoms with Gasteiger partial charge in [-0.1, -0.05) is 50.0 Å². The molecule has 2 nitrogen and oxygen atoms in total. The Balaban J connectivity index is 2.65. The van der Waals surface area contributed by atoms with Crippen LogP contribution in [0.15, 0.2) is 34.7 Å². The summed E-state index contributed by atoms with van der Waals surface area (Å²) in [6.07, 6.45) is 0.682. The van der Waals surface area contributed by atoms with Crippen molar-refractivity contribution in [2.75, 3.05) is 6.61 Å². The number of rotatable bonds is 4. The summed E-state index contributed by atoms with van der Waals surface area (Å²) in [7, 11) is -1.53. The minimum absolute atomic E-state index is 0.173. The van der Waals surface area contributed by atoms with Gasteiger partial charge in [0, 0.05) is 12.2 Å². The van der Waals surface area contributed by atoms with E-state index in [1.54, 1.807) is 0 Å². The molecule has 19 heavy (non-hydrogen) atoms. The second kappa shape index (κ2) is 5.35. The molecular formula is C16H22O2Si. The first-order valence-electron chi connectivity index (χ1n) is 6.74. The zero-order valence-electron chi connectivity index (χ0n) is 12.2. The first-order valence-corrected chi connectivity index (χ1v) is 10.2. The number of benzene rings is 1. The summed E-state index contributed by atoms with van der Waals surface area (Å²) >= 11 is 0. The molecule has 0 amide bonds. The number of hydrogen-bond donors (Lipinski definition) is 1. The average Bonchev–Trinajstić information content (AvgIpc) is 2.68. The van der Waals surface area contributed by atoms with Gasteiger partial charge in [-0.15, -0.1) is 0 Å². The number of hydrogen-bond acceptors (Lipinski definition) is 2. The molecule has 0 unspecified atom stereocenters. The summed E-state index contributed by atoms with van der Waals surface area (Å²) in [4.78, 5) is 0. The quantitative estimate of drug-likeness (QED) is 0.868. The molecule has 0 atom stereocenters. The van der Waals surface area contributed by atoms with Crippen molar-refractivity contribution in [3.05, 3.63) is 41.7 Å². The Morgan fingerprint density at radius 3 is 2.26 bits per heavy atom. The van der Waals surface area contributed by atoms with Gasteiger partial charge in [-0.3, -0.25) is 0 Å². The molecule has 0 saturated heterocycles. The Kier molecular flexibility index (Phi) is 3.97. The van der Waals surface area contributed by atoms with E-state index in [4.69, 9.17) is 4.42 Å². The van der Waals surface area contributed by atoms with Gasteiger partial charge in [-0.25, -0.2) is 0 Å². The zero-order chi connectivity index (χ0) is 14.0. The van der Waals surface area contributed by atoms with Gasteiger partial charge in [0.1, 0.15) is 11.5 Å². The largest absolute Gasteiger partial charge is 0.461 e. The minimum Gasteiger partial charge on any atom is -0.461 e. The molecule has 1 heterocycles. The topological polar surface area (TPSA) is 33.4 Å². The van der Waals surface area contributed by atoms with Crippen LogP contribution < -0.4 is 5.19 Å². The van der Waals surface area contributed by atoms with Gasteiger partial charge >= 0.3 is 0 Å². The maximum Gasteiger partial charge on any atom is 0.133 e. The minimum atomic E-state index is -1.53. The van der Waals surface area contributed by atoms with Crippen LogP contribution in [0.2, 0.25) is 19.6 Å². The van der Waals surface area contributed by atoms with Crippen LogP contribution in [0.5, 0.6) is 0 Å². The van der Waals surface area contributed by atoms with Crippen molar-refractivity contribution in [1.82, 2.24) is 0 Å². The number of furan rings is 1. The van der Waals surface area contributed by atoms with Crippen LogP contribution in [0.3, 0.4) is 0 Å². The summed E-state index contributed by atoms with van der Waals surface area (Å²) in [5.41, 5.74) is 2.34. The van der Waals surface area contributed by atoms with E-state index in [9.17, 15) is 5.11 Å². The highest BCUT2D eigenvalue weighted by molar-refractivity contribution is 6.90. The lowest BCUT2D eigenvalue weighted by Crippen LogP contribution is -2.40. The summed E-state index contributed by atoms with van der Waals surface area (Å²) in [5, 5.41) is 10.6. The average molecular weight is 274 g/mol. The lowest BCUT2D eigenvalue weighted by atomic mass is 10.1. The fourth-order valence-corrected chi connectivity index (χ4v) is 4.66. The Morgan fingerprint density at radius 2 is 1.74 bits per heavy atom. The lowest BCUT2D eigenvalue weighted by Gasteiger charge is -2.19. The number of aliphatic hydroxyl groups is 1. The first kappa shape index (κ1) is 14.1. The SMILES string of the molecule is Cc1oc(-c2ccccc2)c([Si](C)(C)C)c1CCO. The first-order chi connectivity index (χ1) is 8.95. The third kappa shape index (κ3) is 2.82. The van der Waals surface area contributed by atoms with E-state index in [0.717, 1.165) is 17.1 Å². The summed E-state index contributed by atoms with van der Waals surface area (Å²) in [5.74, 6) is 1.95. The monoisotopic (exact) mass is 274 g/mol. The molecule has 2 rings (SSSR count). The molecule has 2 aromatic rings. The molecule has 0 bridgehead atoms. The Bertz CT molecular complexity index is 550. The number of aryl methyl sites for hydroxylation is 1. The van der Waals surface area contributed by atoms with Crippen LogP contribution in [0.1, 0.15) is 11.3 Å². The highest BCUT2D eigenvalue weighted by Crippen LogP contribution is 2.27. The van der Waals surface area contributed by atoms with Gasteiger partial charge in [0.15, 0.2) is 0 Å². The molecule has 0 aliphatic heterocycles. The van der Waals surface area contributed by atoms with E-state index in [0.29, 0.717) is 6.42 Å². The highest BCUT2D eigenvalue weighted by Gasteiger charge is 2.29. The molecule has 102 valence electrons. The van der Waals surface area contributed by atoms with Gasteiger partial charge in [-0.2, -0.15) is 0 Å². The second-order valence-electron chi connectivity index (χ2n) is 5.93. The zero-order valence-corrected chi connectivity index (χ0v) is 13.2. The van der Waals surface area contributed by atoms with E-state index in [2.05, 4.69) is 31.8 Å². The molecule has 0 fully saturated rings. The van der Waals surface area contributed by atoms with E-state index in [1.165, 1.54) is 10.8 Å². The smallest absolute Gasteiger partial charge is 0.133 e. The van der Waals surface area contributed by atoms with E-state index < -0.39 is 8.07 Å². The standard InChI is InChI=1S/C16H22O2Si/c1-12-14(10-11-17)16(19(2,3)4)15(18-12)13-8-6-5-7-9-13/h5-9,17H,10-11H2,1-4H3. The van der Waals surface area contributed by atoms with E-state index in [1.807, 2.05) is 25.1 Å². The van der Waals surface area contributed by atoms with Crippen LogP contribution in [-0.2, 0) is 6.42 Å². The second-order valence-corrected chi connectivity index (χ2v) is 10.9. The van der Waals surface area contributed by atoms with Gasteiger partial charge in [0.05, 0.1) is 8.07 Å². The molecular weight excluding hydrogens is 252 g/mol. The molecule has 0 aliphatic rings. The van der Waals surface area contributed by atoms with Gasteiger partial charge in [0.25, 0.3) is 0 Å². The van der Waals surface area contributed by atoms with Gasteiger partial charge < -0.3 is 9.52 Å². The molecule has 0 radical (unpaired) electrons. The normalized spacial score (nSPS) is 11.8. The molecule has 1 aromatic heterocycles. The van der Waals surface area contributed by atoms with Crippen LogP contribution in [-0.4, -0.2) is 19.8 Å². The van der Waals surface area contributed by atoms with Crippen molar-refractivity contribution >= 4 is 13.3 Å². The van der Waals surface area contributed by atoms with Crippen molar-refractivity contribution in [3.63, 3.8) is 0 Å². The fraction of sp³-hybridized carbons (Fsp3) is 0.375. The maximum atomic E-state index is 9.29. The van der Waals surface area contributed by atoms with Crippen LogP contribution >= 0.6 is 0 Å². The fourth-order valence-electron chi connectivity index (χ4n) is 2.58.